The first kappa shape index (κ1) is 14.8. The van der Waals surface area contributed by atoms with Gasteiger partial charge in [0.05, 0.1) is 10.0 Å². The smallest absolute Gasteiger partial charge is 0.0624 e. The molecule has 0 fully saturated rings. The van der Waals surface area contributed by atoms with E-state index in [1.165, 1.54) is 0 Å². The van der Waals surface area contributed by atoms with Crippen molar-refractivity contribution >= 4 is 23.2 Å². The largest absolute Gasteiger partial charge is 0.317 e. The molecule has 17 heavy (non-hydrogen) atoms. The molecule has 0 heterocycles. The van der Waals surface area contributed by atoms with Crippen LogP contribution in [0, 0.1) is 11.8 Å². The fourth-order valence-electron chi connectivity index (χ4n) is 2.16. The Labute approximate surface area is 115 Å². The maximum Gasteiger partial charge on any atom is 0.0624 e. The Morgan fingerprint density at radius 1 is 1.18 bits per heavy atom. The Kier molecular flexibility index (Phi) is 5.78. The van der Waals surface area contributed by atoms with E-state index in [-0.39, 0.29) is 0 Å². The highest BCUT2D eigenvalue weighted by Crippen LogP contribution is 2.30. The molecule has 96 valence electrons. The number of nitrogens with one attached hydrogen (secondary N) is 1. The van der Waals surface area contributed by atoms with Crippen LogP contribution in [0.2, 0.25) is 10.0 Å². The van der Waals surface area contributed by atoms with Gasteiger partial charge in [0, 0.05) is 6.04 Å². The summed E-state index contributed by atoms with van der Waals surface area (Å²) in [4.78, 5) is 0. The van der Waals surface area contributed by atoms with Crippen LogP contribution >= 0.6 is 23.2 Å². The van der Waals surface area contributed by atoms with Crippen molar-refractivity contribution in [3.8, 4) is 0 Å². The van der Waals surface area contributed by atoms with Crippen LogP contribution in [0.5, 0.6) is 0 Å². The standard InChI is InChI=1S/C14H21Cl2N/c1-9(2)12(10(3)17-4)8-11-6-5-7-13(15)14(11)16/h5-7,9-10,12,17H,8H2,1-4H3. The average molecular weight is 274 g/mol. The quantitative estimate of drug-likeness (QED) is 0.838. The predicted octanol–water partition coefficient (Wildman–Crippen LogP) is 4.42. The number of rotatable bonds is 5. The van der Waals surface area contributed by atoms with Gasteiger partial charge in [-0.05, 0) is 43.9 Å². The second-order valence-corrected chi connectivity index (χ2v) is 5.69. The third-order valence-electron chi connectivity index (χ3n) is 3.44. The zero-order valence-electron chi connectivity index (χ0n) is 10.9. The lowest BCUT2D eigenvalue weighted by molar-refractivity contribution is 0.300. The van der Waals surface area contributed by atoms with Gasteiger partial charge < -0.3 is 5.32 Å². The number of benzene rings is 1. The van der Waals surface area contributed by atoms with E-state index in [1.54, 1.807) is 0 Å². The normalized spacial score (nSPS) is 15.0. The van der Waals surface area contributed by atoms with Gasteiger partial charge in [-0.2, -0.15) is 0 Å². The maximum absolute atomic E-state index is 6.24. The molecule has 1 rings (SSSR count). The summed E-state index contributed by atoms with van der Waals surface area (Å²) in [7, 11) is 2.00. The molecule has 1 aromatic carbocycles. The summed E-state index contributed by atoms with van der Waals surface area (Å²) in [6.07, 6.45) is 0.957. The fourth-order valence-corrected chi connectivity index (χ4v) is 2.56. The molecule has 0 aliphatic carbocycles. The molecule has 2 atom stereocenters. The van der Waals surface area contributed by atoms with E-state index < -0.39 is 0 Å². The van der Waals surface area contributed by atoms with Gasteiger partial charge in [0.2, 0.25) is 0 Å². The van der Waals surface area contributed by atoms with E-state index in [4.69, 9.17) is 23.2 Å². The number of halogens is 2. The minimum Gasteiger partial charge on any atom is -0.317 e. The minimum atomic E-state index is 0.463. The van der Waals surface area contributed by atoms with Gasteiger partial charge in [-0.3, -0.25) is 0 Å². The molecule has 0 aliphatic rings. The molecular weight excluding hydrogens is 253 g/mol. The zero-order chi connectivity index (χ0) is 13.0. The van der Waals surface area contributed by atoms with Crippen LogP contribution in [0.15, 0.2) is 18.2 Å². The Hall–Kier alpha value is -0.240. The molecule has 3 heteroatoms. The molecule has 0 bridgehead atoms. The van der Waals surface area contributed by atoms with E-state index in [0.717, 1.165) is 12.0 Å². The van der Waals surface area contributed by atoms with Crippen molar-refractivity contribution in [3.05, 3.63) is 33.8 Å². The van der Waals surface area contributed by atoms with Crippen LogP contribution in [0.3, 0.4) is 0 Å². The minimum absolute atomic E-state index is 0.463. The lowest BCUT2D eigenvalue weighted by atomic mass is 9.84. The average Bonchev–Trinajstić information content (AvgIpc) is 2.29. The molecule has 0 saturated carbocycles. The molecular formula is C14H21Cl2N. The van der Waals surface area contributed by atoms with Crippen molar-refractivity contribution in [2.45, 2.75) is 33.2 Å². The Morgan fingerprint density at radius 2 is 1.82 bits per heavy atom. The molecule has 0 spiro atoms. The summed E-state index contributed by atoms with van der Waals surface area (Å²) >= 11 is 12.3. The SMILES string of the molecule is CNC(C)C(Cc1cccc(Cl)c1Cl)C(C)C. The highest BCUT2D eigenvalue weighted by molar-refractivity contribution is 6.42. The fraction of sp³-hybridized carbons (Fsp3) is 0.571. The summed E-state index contributed by atoms with van der Waals surface area (Å²) in [6.45, 7) is 6.71. The van der Waals surface area contributed by atoms with Gasteiger partial charge in [0.15, 0.2) is 0 Å². The summed E-state index contributed by atoms with van der Waals surface area (Å²) in [5, 5.41) is 4.66. The molecule has 1 N–H and O–H groups in total. The first-order chi connectivity index (χ1) is 7.97. The molecule has 1 aromatic rings. The molecule has 1 nitrogen and oxygen atoms in total. The van der Waals surface area contributed by atoms with E-state index in [9.17, 15) is 0 Å². The van der Waals surface area contributed by atoms with Crippen LogP contribution in [0.25, 0.3) is 0 Å². The highest BCUT2D eigenvalue weighted by atomic mass is 35.5. The van der Waals surface area contributed by atoms with Crippen molar-refractivity contribution < 1.29 is 0 Å². The third kappa shape index (κ3) is 3.87. The van der Waals surface area contributed by atoms with Crippen molar-refractivity contribution in [3.63, 3.8) is 0 Å². The van der Waals surface area contributed by atoms with Crippen LogP contribution < -0.4 is 5.32 Å². The van der Waals surface area contributed by atoms with Crippen LogP contribution in [0.4, 0.5) is 0 Å². The van der Waals surface area contributed by atoms with Gasteiger partial charge in [-0.15, -0.1) is 0 Å². The monoisotopic (exact) mass is 273 g/mol. The first-order valence-corrected chi connectivity index (χ1v) is 6.83. The van der Waals surface area contributed by atoms with E-state index >= 15 is 0 Å². The summed E-state index contributed by atoms with van der Waals surface area (Å²) < 4.78 is 0. The number of hydrogen-bond acceptors (Lipinski definition) is 1. The van der Waals surface area contributed by atoms with Crippen molar-refractivity contribution in [1.29, 1.82) is 0 Å². The van der Waals surface area contributed by atoms with E-state index in [0.29, 0.717) is 27.9 Å². The van der Waals surface area contributed by atoms with E-state index in [2.05, 4.69) is 32.2 Å². The van der Waals surface area contributed by atoms with Crippen LogP contribution in [0.1, 0.15) is 26.3 Å². The second kappa shape index (κ2) is 6.63. The molecule has 0 amide bonds. The highest BCUT2D eigenvalue weighted by Gasteiger charge is 2.21. The maximum atomic E-state index is 6.24. The molecule has 2 unspecified atom stereocenters. The second-order valence-electron chi connectivity index (χ2n) is 4.90. The van der Waals surface area contributed by atoms with Crippen LogP contribution in [-0.4, -0.2) is 13.1 Å². The first-order valence-electron chi connectivity index (χ1n) is 6.07. The molecule has 0 aliphatic heterocycles. The number of hydrogen-bond donors (Lipinski definition) is 1. The van der Waals surface area contributed by atoms with Crippen molar-refractivity contribution in [2.24, 2.45) is 11.8 Å². The van der Waals surface area contributed by atoms with E-state index in [1.807, 2.05) is 19.2 Å². The van der Waals surface area contributed by atoms with Gasteiger partial charge >= 0.3 is 0 Å². The molecule has 0 aromatic heterocycles. The lowest BCUT2D eigenvalue weighted by Crippen LogP contribution is -2.35. The summed E-state index contributed by atoms with van der Waals surface area (Å²) in [6, 6.07) is 6.32. The van der Waals surface area contributed by atoms with Gasteiger partial charge in [0.25, 0.3) is 0 Å². The predicted molar refractivity (Wildman–Crippen MR) is 77.0 cm³/mol. The van der Waals surface area contributed by atoms with Crippen LogP contribution in [-0.2, 0) is 6.42 Å². The molecule has 0 radical (unpaired) electrons. The Balaban J connectivity index is 2.90. The topological polar surface area (TPSA) is 12.0 Å². The summed E-state index contributed by atoms with van der Waals surface area (Å²) in [5.41, 5.74) is 1.14. The summed E-state index contributed by atoms with van der Waals surface area (Å²) in [5.74, 6) is 1.16. The molecule has 0 saturated heterocycles. The van der Waals surface area contributed by atoms with Crippen molar-refractivity contribution in [1.82, 2.24) is 5.32 Å². The lowest BCUT2D eigenvalue weighted by Gasteiger charge is -2.27. The Morgan fingerprint density at radius 3 is 2.35 bits per heavy atom. The van der Waals surface area contributed by atoms with Gasteiger partial charge in [0.1, 0.15) is 0 Å². The zero-order valence-corrected chi connectivity index (χ0v) is 12.4. The van der Waals surface area contributed by atoms with Crippen molar-refractivity contribution in [2.75, 3.05) is 7.05 Å². The van der Waals surface area contributed by atoms with Gasteiger partial charge in [-0.25, -0.2) is 0 Å². The Bertz CT molecular complexity index is 363. The van der Waals surface area contributed by atoms with Gasteiger partial charge in [-0.1, -0.05) is 49.2 Å². The third-order valence-corrected chi connectivity index (χ3v) is 4.30.